The van der Waals surface area contributed by atoms with Gasteiger partial charge in [0, 0.05) is 17.3 Å². The number of fused-ring (bicyclic) bond motifs is 1. The van der Waals surface area contributed by atoms with Crippen LogP contribution in [0.3, 0.4) is 0 Å². The van der Waals surface area contributed by atoms with Gasteiger partial charge < -0.3 is 10.6 Å². The molecule has 0 aliphatic heterocycles. The molecular weight excluding hydrogens is 450 g/mol. The van der Waals surface area contributed by atoms with Crippen molar-refractivity contribution in [3.63, 3.8) is 0 Å². The van der Waals surface area contributed by atoms with Crippen LogP contribution >= 0.6 is 11.3 Å². The maximum atomic E-state index is 12.3. The number of allylic oxidation sites excluding steroid dienone is 10. The molecule has 2 rings (SSSR count). The minimum atomic E-state index is 0.0732. The lowest BCUT2D eigenvalue weighted by Gasteiger charge is -2.21. The average Bonchev–Trinajstić information content (AvgIpc) is 3.26. The summed E-state index contributed by atoms with van der Waals surface area (Å²) in [6.07, 6.45) is 33.8. The molecule has 2 N–H and O–H groups in total. The number of rotatable bonds is 17. The van der Waals surface area contributed by atoms with E-state index in [2.05, 4.69) is 90.2 Å². The van der Waals surface area contributed by atoms with Crippen LogP contribution in [-0.4, -0.2) is 23.5 Å². The number of thiazole rings is 1. The fourth-order valence-corrected chi connectivity index (χ4v) is 4.99. The Hall–Kier alpha value is -2.24. The molecular formula is C30H45N3OS. The Balaban J connectivity index is 1.51. The first kappa shape index (κ1) is 29.0. The topological polar surface area (TPSA) is 54.0 Å². The predicted octanol–water partition coefficient (Wildman–Crippen LogP) is 7.86. The van der Waals surface area contributed by atoms with Crippen molar-refractivity contribution in [3.05, 3.63) is 71.3 Å². The van der Waals surface area contributed by atoms with E-state index in [1.54, 1.807) is 11.3 Å². The maximum absolute atomic E-state index is 12.3. The molecule has 1 aromatic rings. The summed E-state index contributed by atoms with van der Waals surface area (Å²) < 4.78 is 0. The minimum absolute atomic E-state index is 0.0732. The first-order valence-corrected chi connectivity index (χ1v) is 14.3. The Bertz CT molecular complexity index is 863. The van der Waals surface area contributed by atoms with Gasteiger partial charge in [-0.2, -0.15) is 0 Å². The summed E-state index contributed by atoms with van der Waals surface area (Å²) >= 11 is 1.65. The molecule has 0 radical (unpaired) electrons. The normalized spacial score (nSPS) is 16.5. The quantitative estimate of drug-likeness (QED) is 0.171. The second kappa shape index (κ2) is 19.0. The fraction of sp³-hybridized carbons (Fsp3) is 0.533. The molecule has 0 spiro atoms. The Kier molecular flexibility index (Phi) is 15.7. The Morgan fingerprint density at radius 2 is 1.57 bits per heavy atom. The number of aryl methyl sites for hydroxylation is 1. The molecule has 1 atom stereocenters. The zero-order chi connectivity index (χ0) is 25.0. The van der Waals surface area contributed by atoms with E-state index in [-0.39, 0.29) is 5.91 Å². The lowest BCUT2D eigenvalue weighted by Crippen LogP contribution is -2.34. The van der Waals surface area contributed by atoms with Gasteiger partial charge in [0.2, 0.25) is 5.91 Å². The highest BCUT2D eigenvalue weighted by Gasteiger charge is 2.22. The summed E-state index contributed by atoms with van der Waals surface area (Å²) in [5.41, 5.74) is 1.18. The van der Waals surface area contributed by atoms with Gasteiger partial charge in [0.15, 0.2) is 5.13 Å². The van der Waals surface area contributed by atoms with Crippen molar-refractivity contribution in [2.24, 2.45) is 0 Å². The number of nitrogens with zero attached hydrogens (tertiary/aromatic N) is 1. The third kappa shape index (κ3) is 13.4. The van der Waals surface area contributed by atoms with Gasteiger partial charge in [-0.15, -0.1) is 11.3 Å². The SMILES string of the molecule is CCC=CCC=CCC=CCC=CCC=CCCCC(=O)Nc1nc2c(s1)CC(NCCC)CC2. The number of nitrogens with one attached hydrogen (secondary N) is 2. The first-order valence-electron chi connectivity index (χ1n) is 13.5. The molecule has 35 heavy (non-hydrogen) atoms. The lowest BCUT2D eigenvalue weighted by molar-refractivity contribution is -0.116. The summed E-state index contributed by atoms with van der Waals surface area (Å²) in [4.78, 5) is 18.3. The van der Waals surface area contributed by atoms with Crippen molar-refractivity contribution in [3.8, 4) is 0 Å². The van der Waals surface area contributed by atoms with E-state index < -0.39 is 0 Å². The summed E-state index contributed by atoms with van der Waals surface area (Å²) in [5, 5.41) is 7.39. The van der Waals surface area contributed by atoms with Gasteiger partial charge in [-0.1, -0.05) is 74.6 Å². The largest absolute Gasteiger partial charge is 0.314 e. The maximum Gasteiger partial charge on any atom is 0.226 e. The predicted molar refractivity (Wildman–Crippen MR) is 153 cm³/mol. The van der Waals surface area contributed by atoms with Crippen LogP contribution in [0.5, 0.6) is 0 Å². The number of carbonyl (C=O) groups is 1. The van der Waals surface area contributed by atoms with Crippen LogP contribution in [0.15, 0.2) is 60.8 Å². The van der Waals surface area contributed by atoms with Crippen molar-refractivity contribution < 1.29 is 4.79 Å². The fourth-order valence-electron chi connectivity index (χ4n) is 3.88. The summed E-state index contributed by atoms with van der Waals surface area (Å²) in [5.74, 6) is 0.0732. The van der Waals surface area contributed by atoms with E-state index >= 15 is 0 Å². The molecule has 1 aliphatic rings. The summed E-state index contributed by atoms with van der Waals surface area (Å²) in [6.45, 7) is 5.42. The van der Waals surface area contributed by atoms with Crippen molar-refractivity contribution >= 4 is 22.4 Å². The molecule has 0 aromatic carbocycles. The molecule has 0 bridgehead atoms. The van der Waals surface area contributed by atoms with Gasteiger partial charge in [-0.05, 0) is 77.2 Å². The van der Waals surface area contributed by atoms with Gasteiger partial charge >= 0.3 is 0 Å². The third-order valence-corrected chi connectivity index (χ3v) is 6.84. The number of anilines is 1. The van der Waals surface area contributed by atoms with Crippen molar-refractivity contribution in [2.45, 2.75) is 96.9 Å². The molecule has 1 unspecified atom stereocenters. The summed E-state index contributed by atoms with van der Waals surface area (Å²) in [6, 6.07) is 0.551. The van der Waals surface area contributed by atoms with Crippen molar-refractivity contribution in [1.29, 1.82) is 0 Å². The standard InChI is InChI=1S/C30H45N3OS/c1-3-5-6-7-8-9-10-11-12-13-14-15-16-17-18-19-20-21-29(34)33-30-32-27-23-22-26(31-24-4-2)25-28(27)35-30/h5-6,8-9,11-12,14-15,17-18,26,31H,3-4,7,10,13,16,19-25H2,1-2H3,(H,32,33,34). The molecule has 0 saturated heterocycles. The van der Waals surface area contributed by atoms with Crippen LogP contribution in [0.4, 0.5) is 5.13 Å². The van der Waals surface area contributed by atoms with E-state index in [0.717, 1.165) is 82.3 Å². The zero-order valence-electron chi connectivity index (χ0n) is 21.8. The molecule has 0 fully saturated rings. The van der Waals surface area contributed by atoms with Crippen LogP contribution in [0.25, 0.3) is 0 Å². The van der Waals surface area contributed by atoms with E-state index in [9.17, 15) is 4.79 Å². The van der Waals surface area contributed by atoms with Gasteiger partial charge in [-0.3, -0.25) is 4.79 Å². The van der Waals surface area contributed by atoms with Crippen LogP contribution < -0.4 is 10.6 Å². The first-order chi connectivity index (χ1) is 17.2. The molecule has 1 aliphatic carbocycles. The monoisotopic (exact) mass is 495 g/mol. The van der Waals surface area contributed by atoms with Gasteiger partial charge in [0.1, 0.15) is 0 Å². The van der Waals surface area contributed by atoms with E-state index in [1.807, 2.05) is 0 Å². The number of amides is 1. The smallest absolute Gasteiger partial charge is 0.226 e. The molecule has 5 heteroatoms. The molecule has 192 valence electrons. The van der Waals surface area contributed by atoms with Crippen LogP contribution in [-0.2, 0) is 17.6 Å². The molecule has 1 amide bonds. The van der Waals surface area contributed by atoms with Gasteiger partial charge in [0.25, 0.3) is 0 Å². The van der Waals surface area contributed by atoms with E-state index in [4.69, 9.17) is 0 Å². The highest BCUT2D eigenvalue weighted by Crippen LogP contribution is 2.30. The van der Waals surface area contributed by atoms with Gasteiger partial charge in [0.05, 0.1) is 5.69 Å². The molecule has 1 aromatic heterocycles. The van der Waals surface area contributed by atoms with E-state index in [1.165, 1.54) is 10.6 Å². The Morgan fingerprint density at radius 3 is 2.20 bits per heavy atom. The average molecular weight is 496 g/mol. The number of aromatic nitrogens is 1. The van der Waals surface area contributed by atoms with Crippen molar-refractivity contribution in [1.82, 2.24) is 10.3 Å². The van der Waals surface area contributed by atoms with Crippen LogP contribution in [0.1, 0.15) is 88.6 Å². The second-order valence-electron chi connectivity index (χ2n) is 8.93. The number of unbranched alkanes of at least 4 members (excludes halogenated alkanes) is 1. The van der Waals surface area contributed by atoms with Gasteiger partial charge in [-0.25, -0.2) is 4.98 Å². The lowest BCUT2D eigenvalue weighted by atomic mass is 9.98. The zero-order valence-corrected chi connectivity index (χ0v) is 22.6. The third-order valence-electron chi connectivity index (χ3n) is 5.80. The molecule has 4 nitrogen and oxygen atoms in total. The number of carbonyl (C=O) groups excluding carboxylic acids is 1. The molecule has 1 heterocycles. The highest BCUT2D eigenvalue weighted by atomic mass is 32.1. The summed E-state index contributed by atoms with van der Waals surface area (Å²) in [7, 11) is 0. The van der Waals surface area contributed by atoms with Crippen LogP contribution in [0, 0.1) is 0 Å². The Labute approximate surface area is 217 Å². The number of hydrogen-bond acceptors (Lipinski definition) is 4. The van der Waals surface area contributed by atoms with Crippen molar-refractivity contribution in [2.75, 3.05) is 11.9 Å². The van der Waals surface area contributed by atoms with Crippen LogP contribution in [0.2, 0.25) is 0 Å². The minimum Gasteiger partial charge on any atom is -0.314 e. The van der Waals surface area contributed by atoms with E-state index in [0.29, 0.717) is 12.5 Å². The molecule has 0 saturated carbocycles. The number of hydrogen-bond donors (Lipinski definition) is 2. The highest BCUT2D eigenvalue weighted by molar-refractivity contribution is 7.15. The Morgan fingerprint density at radius 1 is 0.943 bits per heavy atom. The second-order valence-corrected chi connectivity index (χ2v) is 10.0.